The zero-order valence-corrected chi connectivity index (χ0v) is 11.1. The van der Waals surface area contributed by atoms with Gasteiger partial charge in [-0.05, 0) is 26.0 Å². The Kier molecular flexibility index (Phi) is 4.61. The SMILES string of the molecule is CC(=O)CCC(=O)NS(=O)(=O)c1ccc(C)cc1. The Bertz CT molecular complexity index is 546. The Morgan fingerprint density at radius 1 is 1.11 bits per heavy atom. The fourth-order valence-corrected chi connectivity index (χ4v) is 2.28. The molecule has 0 atom stereocenters. The molecule has 1 aromatic carbocycles. The zero-order valence-electron chi connectivity index (χ0n) is 10.3. The molecule has 0 fully saturated rings. The van der Waals surface area contributed by atoms with Gasteiger partial charge in [-0.3, -0.25) is 4.79 Å². The number of aryl methyl sites for hydroxylation is 1. The summed E-state index contributed by atoms with van der Waals surface area (Å²) in [5.74, 6) is -0.830. The van der Waals surface area contributed by atoms with E-state index < -0.39 is 15.9 Å². The van der Waals surface area contributed by atoms with Crippen LogP contribution in [0.25, 0.3) is 0 Å². The highest BCUT2D eigenvalue weighted by molar-refractivity contribution is 7.90. The fourth-order valence-electron chi connectivity index (χ4n) is 1.27. The lowest BCUT2D eigenvalue weighted by Crippen LogP contribution is -2.30. The van der Waals surface area contributed by atoms with Gasteiger partial charge in [-0.2, -0.15) is 0 Å². The van der Waals surface area contributed by atoms with Gasteiger partial charge >= 0.3 is 0 Å². The number of nitrogens with one attached hydrogen (secondary N) is 1. The number of rotatable bonds is 5. The van der Waals surface area contributed by atoms with Gasteiger partial charge in [0, 0.05) is 12.8 Å². The standard InChI is InChI=1S/C12H15NO4S/c1-9-3-6-11(7-4-9)18(16,17)13-12(15)8-5-10(2)14/h3-4,6-7H,5,8H2,1-2H3,(H,13,15). The molecule has 0 radical (unpaired) electrons. The molecule has 0 spiro atoms. The predicted octanol–water partition coefficient (Wildman–Crippen LogP) is 1.17. The zero-order chi connectivity index (χ0) is 13.8. The lowest BCUT2D eigenvalue weighted by molar-refractivity contribution is -0.123. The van der Waals surface area contributed by atoms with Crippen molar-refractivity contribution in [2.75, 3.05) is 0 Å². The highest BCUT2D eigenvalue weighted by Crippen LogP contribution is 2.10. The maximum absolute atomic E-state index is 11.8. The number of amides is 1. The van der Waals surface area contributed by atoms with E-state index in [0.29, 0.717) is 0 Å². The van der Waals surface area contributed by atoms with E-state index in [2.05, 4.69) is 0 Å². The number of sulfonamides is 1. The third kappa shape index (κ3) is 4.29. The highest BCUT2D eigenvalue weighted by Gasteiger charge is 2.17. The number of carbonyl (C=O) groups is 2. The van der Waals surface area contributed by atoms with Crippen LogP contribution in [0.15, 0.2) is 29.2 Å². The summed E-state index contributed by atoms with van der Waals surface area (Å²) in [6.07, 6.45) is -0.0876. The van der Waals surface area contributed by atoms with Gasteiger partial charge < -0.3 is 4.79 Å². The number of ketones is 1. The first-order valence-corrected chi connectivity index (χ1v) is 6.91. The van der Waals surface area contributed by atoms with E-state index in [-0.39, 0.29) is 23.5 Å². The molecule has 0 bridgehead atoms. The van der Waals surface area contributed by atoms with Crippen molar-refractivity contribution in [1.29, 1.82) is 0 Å². The molecule has 5 nitrogen and oxygen atoms in total. The molecule has 1 N–H and O–H groups in total. The lowest BCUT2D eigenvalue weighted by atomic mass is 10.2. The van der Waals surface area contributed by atoms with E-state index in [1.54, 1.807) is 12.1 Å². The van der Waals surface area contributed by atoms with Crippen molar-refractivity contribution in [2.45, 2.75) is 31.6 Å². The summed E-state index contributed by atoms with van der Waals surface area (Å²) in [6.45, 7) is 3.18. The van der Waals surface area contributed by atoms with Crippen molar-refractivity contribution in [1.82, 2.24) is 4.72 Å². The third-order valence-corrected chi connectivity index (χ3v) is 3.67. The molecule has 1 amide bonds. The van der Waals surface area contributed by atoms with Crippen LogP contribution in [0.4, 0.5) is 0 Å². The van der Waals surface area contributed by atoms with Crippen molar-refractivity contribution in [2.24, 2.45) is 0 Å². The summed E-state index contributed by atoms with van der Waals surface area (Å²) in [7, 11) is -3.84. The van der Waals surface area contributed by atoms with E-state index in [1.165, 1.54) is 19.1 Å². The number of benzene rings is 1. The molecule has 0 aliphatic heterocycles. The molecule has 0 aliphatic rings. The summed E-state index contributed by atoms with van der Waals surface area (Å²) < 4.78 is 25.5. The van der Waals surface area contributed by atoms with Crippen LogP contribution >= 0.6 is 0 Å². The van der Waals surface area contributed by atoms with E-state index in [4.69, 9.17) is 0 Å². The molecular weight excluding hydrogens is 254 g/mol. The molecular formula is C12H15NO4S. The van der Waals surface area contributed by atoms with Crippen molar-refractivity contribution < 1.29 is 18.0 Å². The Morgan fingerprint density at radius 2 is 1.67 bits per heavy atom. The Balaban J connectivity index is 2.73. The van der Waals surface area contributed by atoms with Gasteiger partial charge in [0.2, 0.25) is 5.91 Å². The summed E-state index contributed by atoms with van der Waals surface area (Å²) in [5.41, 5.74) is 0.928. The van der Waals surface area contributed by atoms with Crippen LogP contribution in [0, 0.1) is 6.92 Å². The monoisotopic (exact) mass is 269 g/mol. The summed E-state index contributed by atoms with van der Waals surface area (Å²) >= 11 is 0. The van der Waals surface area contributed by atoms with E-state index >= 15 is 0 Å². The topological polar surface area (TPSA) is 80.3 Å². The highest BCUT2D eigenvalue weighted by atomic mass is 32.2. The average Bonchev–Trinajstić information content (AvgIpc) is 2.26. The van der Waals surface area contributed by atoms with E-state index in [9.17, 15) is 18.0 Å². The van der Waals surface area contributed by atoms with Gasteiger partial charge in [-0.25, -0.2) is 13.1 Å². The van der Waals surface area contributed by atoms with Gasteiger partial charge in [0.05, 0.1) is 4.90 Å². The second kappa shape index (κ2) is 5.77. The smallest absolute Gasteiger partial charge is 0.264 e. The van der Waals surface area contributed by atoms with Gasteiger partial charge in [0.1, 0.15) is 5.78 Å². The molecule has 0 saturated heterocycles. The summed E-state index contributed by atoms with van der Waals surface area (Å²) in [6, 6.07) is 6.15. The first-order chi connectivity index (χ1) is 8.31. The quantitative estimate of drug-likeness (QED) is 0.870. The maximum atomic E-state index is 11.8. The van der Waals surface area contributed by atoms with Crippen LogP contribution in [-0.2, 0) is 19.6 Å². The van der Waals surface area contributed by atoms with Crippen LogP contribution < -0.4 is 4.72 Å². The van der Waals surface area contributed by atoms with Crippen LogP contribution in [0.1, 0.15) is 25.3 Å². The minimum atomic E-state index is -3.84. The molecule has 0 unspecified atom stereocenters. The van der Waals surface area contributed by atoms with Gasteiger partial charge in [0.25, 0.3) is 10.0 Å². The average molecular weight is 269 g/mol. The van der Waals surface area contributed by atoms with Crippen LogP contribution in [-0.4, -0.2) is 20.1 Å². The minimum absolute atomic E-state index is 0.0317. The van der Waals surface area contributed by atoms with Crippen molar-refractivity contribution in [3.8, 4) is 0 Å². The first-order valence-electron chi connectivity index (χ1n) is 5.43. The largest absolute Gasteiger partial charge is 0.300 e. The molecule has 0 aromatic heterocycles. The number of hydrogen-bond acceptors (Lipinski definition) is 4. The maximum Gasteiger partial charge on any atom is 0.264 e. The molecule has 1 aromatic rings. The lowest BCUT2D eigenvalue weighted by Gasteiger charge is -2.06. The number of carbonyl (C=O) groups excluding carboxylic acids is 2. The van der Waals surface area contributed by atoms with Crippen LogP contribution in [0.3, 0.4) is 0 Å². The van der Waals surface area contributed by atoms with Gasteiger partial charge in [-0.1, -0.05) is 17.7 Å². The Morgan fingerprint density at radius 3 is 2.17 bits per heavy atom. The Labute approximate surface area is 106 Å². The van der Waals surface area contributed by atoms with Gasteiger partial charge in [0.15, 0.2) is 0 Å². The summed E-state index contributed by atoms with van der Waals surface area (Å²) in [5, 5.41) is 0. The van der Waals surface area contributed by atoms with Crippen LogP contribution in [0.5, 0.6) is 0 Å². The molecule has 0 heterocycles. The molecule has 1 rings (SSSR count). The normalized spacial score (nSPS) is 11.0. The second-order valence-corrected chi connectivity index (χ2v) is 5.73. The number of Topliss-reactive ketones (excluding diaryl/α,β-unsaturated/α-hetero) is 1. The van der Waals surface area contributed by atoms with Gasteiger partial charge in [-0.15, -0.1) is 0 Å². The van der Waals surface area contributed by atoms with Crippen molar-refractivity contribution >= 4 is 21.7 Å². The van der Waals surface area contributed by atoms with Crippen LogP contribution in [0.2, 0.25) is 0 Å². The van der Waals surface area contributed by atoms with Crippen molar-refractivity contribution in [3.63, 3.8) is 0 Å². The minimum Gasteiger partial charge on any atom is -0.300 e. The first kappa shape index (κ1) is 14.4. The molecule has 98 valence electrons. The molecule has 0 aliphatic carbocycles. The van der Waals surface area contributed by atoms with E-state index in [1.807, 2.05) is 11.6 Å². The summed E-state index contributed by atoms with van der Waals surface area (Å²) in [4.78, 5) is 22.1. The van der Waals surface area contributed by atoms with E-state index in [0.717, 1.165) is 5.56 Å². The van der Waals surface area contributed by atoms with Crippen molar-refractivity contribution in [3.05, 3.63) is 29.8 Å². The third-order valence-electron chi connectivity index (χ3n) is 2.28. The predicted molar refractivity (Wildman–Crippen MR) is 66.4 cm³/mol. The number of hydrogen-bond donors (Lipinski definition) is 1. The Hall–Kier alpha value is -1.69. The fraction of sp³-hybridized carbons (Fsp3) is 0.333. The second-order valence-electron chi connectivity index (χ2n) is 4.04. The molecule has 18 heavy (non-hydrogen) atoms. The molecule has 6 heteroatoms. The molecule has 0 saturated carbocycles.